The highest BCUT2D eigenvalue weighted by Crippen LogP contribution is 1.67. The highest BCUT2D eigenvalue weighted by molar-refractivity contribution is 6.33. The molecule has 1 heterocycles. The first-order valence-electron chi connectivity index (χ1n) is 1.85. The smallest absolute Gasteiger partial charge is 0.263 e. The predicted molar refractivity (Wildman–Crippen MR) is 28.8 cm³/mol. The van der Waals surface area contributed by atoms with E-state index < -0.39 is 0 Å². The Balaban J connectivity index is 3.12. The van der Waals surface area contributed by atoms with Crippen LogP contribution in [0.15, 0.2) is 12.3 Å². The average Bonchev–Trinajstić information content (AvgIpc) is 1.91. The second-order valence-corrected chi connectivity index (χ2v) is 1.20. The van der Waals surface area contributed by atoms with Crippen LogP contribution in [0, 0.1) is 0 Å². The number of aromatic nitrogens is 2. The van der Waals surface area contributed by atoms with Crippen LogP contribution in [0.25, 0.3) is 0 Å². The van der Waals surface area contributed by atoms with Gasteiger partial charge in [-0.15, -0.1) is 0 Å². The van der Waals surface area contributed by atoms with E-state index >= 15 is 0 Å². The number of rotatable bonds is 0. The van der Waals surface area contributed by atoms with Gasteiger partial charge < -0.3 is 4.59 Å². The van der Waals surface area contributed by atoms with Gasteiger partial charge in [0.2, 0.25) is 0 Å². The van der Waals surface area contributed by atoms with Gasteiger partial charge in [0.1, 0.15) is 7.85 Å². The van der Waals surface area contributed by atoms with Gasteiger partial charge in [0.05, 0.1) is 0 Å². The molecule has 0 bridgehead atoms. The van der Waals surface area contributed by atoms with E-state index in [-0.39, 0.29) is 0 Å². The van der Waals surface area contributed by atoms with E-state index in [1.54, 1.807) is 6.07 Å². The van der Waals surface area contributed by atoms with Crippen molar-refractivity contribution in [2.45, 2.75) is 0 Å². The third-order valence-corrected chi connectivity index (χ3v) is 0.701. The number of hydrogen-bond donors (Lipinski definition) is 0. The van der Waals surface area contributed by atoms with E-state index in [0.29, 0.717) is 5.59 Å². The molecule has 1 aromatic rings. The van der Waals surface area contributed by atoms with Gasteiger partial charge in [-0.3, -0.25) is 0 Å². The van der Waals surface area contributed by atoms with E-state index in [9.17, 15) is 0 Å². The van der Waals surface area contributed by atoms with E-state index in [4.69, 9.17) is 15.8 Å². The number of hydrogen-bond acceptors (Lipinski definition) is 1. The predicted octanol–water partition coefficient (Wildman–Crippen LogP) is -1.39. The van der Waals surface area contributed by atoms with Gasteiger partial charge in [-0.05, 0) is 11.7 Å². The summed E-state index contributed by atoms with van der Waals surface area (Å²) in [6.45, 7) is 0. The summed E-state index contributed by atoms with van der Waals surface area (Å²) >= 11 is 0. The lowest BCUT2D eigenvalue weighted by atomic mass is 10.0. The highest BCUT2D eigenvalue weighted by Gasteiger charge is 1.83. The SMILES string of the molecule is [B]c1ccnn1[B]. The van der Waals surface area contributed by atoms with Gasteiger partial charge in [0.15, 0.2) is 0 Å². The Kier molecular flexibility index (Phi) is 0.929. The van der Waals surface area contributed by atoms with Gasteiger partial charge >= 0.3 is 0 Å². The maximum absolute atomic E-state index is 5.22. The van der Waals surface area contributed by atoms with Crippen LogP contribution in [0.3, 0.4) is 0 Å². The summed E-state index contributed by atoms with van der Waals surface area (Å²) in [7, 11) is 10.3. The first kappa shape index (κ1) is 4.50. The van der Waals surface area contributed by atoms with Crippen molar-refractivity contribution in [3.63, 3.8) is 0 Å². The van der Waals surface area contributed by atoms with Crippen molar-refractivity contribution in [2.75, 3.05) is 0 Å². The molecule has 0 aliphatic rings. The fourth-order valence-electron chi connectivity index (χ4n) is 0.325. The molecule has 0 saturated carbocycles. The standard InChI is InChI=1S/C3H2B2N2/c4-3-1-2-6-7(3)5/h1-2H. The second-order valence-electron chi connectivity index (χ2n) is 1.20. The molecule has 0 spiro atoms. The van der Waals surface area contributed by atoms with Gasteiger partial charge in [-0.1, -0.05) is 0 Å². The topological polar surface area (TPSA) is 17.8 Å². The summed E-state index contributed by atoms with van der Waals surface area (Å²) in [5, 5.41) is 3.59. The Bertz CT molecular complexity index is 143. The fraction of sp³-hybridized carbons (Fsp3) is 0. The summed E-state index contributed by atoms with van der Waals surface area (Å²) in [6.07, 6.45) is 1.54. The lowest BCUT2D eigenvalue weighted by molar-refractivity contribution is 1.02. The minimum Gasteiger partial charge on any atom is -0.338 e. The Labute approximate surface area is 44.4 Å². The van der Waals surface area contributed by atoms with E-state index in [0.717, 1.165) is 4.59 Å². The van der Waals surface area contributed by atoms with Crippen LogP contribution in [0.4, 0.5) is 0 Å². The molecule has 0 N–H and O–H groups in total. The van der Waals surface area contributed by atoms with Crippen LogP contribution in [-0.2, 0) is 0 Å². The lowest BCUT2D eigenvalue weighted by Crippen LogP contribution is -2.15. The Morgan fingerprint density at radius 2 is 2.43 bits per heavy atom. The molecule has 0 fully saturated rings. The summed E-state index contributed by atoms with van der Waals surface area (Å²) in [5.74, 6) is 0. The van der Waals surface area contributed by atoms with Gasteiger partial charge in [-0.25, -0.2) is 0 Å². The van der Waals surface area contributed by atoms with Crippen molar-refractivity contribution in [2.24, 2.45) is 0 Å². The van der Waals surface area contributed by atoms with E-state index in [1.807, 2.05) is 0 Å². The molecule has 4 radical (unpaired) electrons. The molecule has 0 aliphatic heterocycles. The van der Waals surface area contributed by atoms with Crippen molar-refractivity contribution in [1.29, 1.82) is 0 Å². The normalized spacial score (nSPS) is 9.14. The monoisotopic (exact) mass is 88.0 g/mol. The van der Waals surface area contributed by atoms with Crippen LogP contribution in [-0.4, -0.2) is 25.5 Å². The minimum absolute atomic E-state index is 0.472. The van der Waals surface area contributed by atoms with Crippen LogP contribution in [0.5, 0.6) is 0 Å². The zero-order chi connectivity index (χ0) is 5.28. The van der Waals surface area contributed by atoms with Crippen molar-refractivity contribution >= 4 is 21.4 Å². The Morgan fingerprint density at radius 3 is 2.57 bits per heavy atom. The van der Waals surface area contributed by atoms with Crippen LogP contribution < -0.4 is 5.59 Å². The zero-order valence-corrected chi connectivity index (χ0v) is 3.70. The van der Waals surface area contributed by atoms with E-state index in [2.05, 4.69) is 5.10 Å². The first-order chi connectivity index (χ1) is 3.30. The molecular formula is C3H2B2N2. The summed E-state index contributed by atoms with van der Waals surface area (Å²) in [6, 6.07) is 1.62. The van der Waals surface area contributed by atoms with Gasteiger partial charge in [0.25, 0.3) is 7.98 Å². The molecule has 0 saturated heterocycles. The largest absolute Gasteiger partial charge is 0.338 e. The fourth-order valence-corrected chi connectivity index (χ4v) is 0.325. The molecule has 30 valence electrons. The van der Waals surface area contributed by atoms with Crippen LogP contribution in [0.2, 0.25) is 0 Å². The molecule has 0 unspecified atom stereocenters. The third kappa shape index (κ3) is 0.683. The van der Waals surface area contributed by atoms with Crippen molar-refractivity contribution in [3.05, 3.63) is 12.3 Å². The second kappa shape index (κ2) is 1.45. The Morgan fingerprint density at radius 1 is 1.71 bits per heavy atom. The van der Waals surface area contributed by atoms with Crippen molar-refractivity contribution in [1.82, 2.24) is 9.69 Å². The molecule has 0 atom stereocenters. The molecule has 1 rings (SSSR count). The average molecular weight is 87.7 g/mol. The third-order valence-electron chi connectivity index (χ3n) is 0.701. The minimum atomic E-state index is 0.472. The molecule has 0 aliphatic carbocycles. The molecule has 2 nitrogen and oxygen atoms in total. The van der Waals surface area contributed by atoms with Gasteiger partial charge in [-0.2, -0.15) is 5.10 Å². The molecule has 1 aromatic heterocycles. The zero-order valence-electron chi connectivity index (χ0n) is 3.70. The number of nitrogens with zero attached hydrogens (tertiary/aromatic N) is 2. The summed E-state index contributed by atoms with van der Waals surface area (Å²) < 4.78 is 1.11. The summed E-state index contributed by atoms with van der Waals surface area (Å²) in [5.41, 5.74) is 0.472. The molecule has 0 aromatic carbocycles. The lowest BCUT2D eigenvalue weighted by Gasteiger charge is -1.88. The van der Waals surface area contributed by atoms with E-state index in [1.165, 1.54) is 6.20 Å². The quantitative estimate of drug-likeness (QED) is 0.357. The molecular weight excluding hydrogens is 85.7 g/mol. The van der Waals surface area contributed by atoms with Crippen molar-refractivity contribution < 1.29 is 0 Å². The first-order valence-corrected chi connectivity index (χ1v) is 1.85. The highest BCUT2D eigenvalue weighted by atomic mass is 15.2. The van der Waals surface area contributed by atoms with Crippen molar-refractivity contribution in [3.8, 4) is 0 Å². The molecule has 0 amide bonds. The van der Waals surface area contributed by atoms with Crippen LogP contribution in [0.1, 0.15) is 0 Å². The van der Waals surface area contributed by atoms with Gasteiger partial charge in [0, 0.05) is 6.20 Å². The Hall–Kier alpha value is -0.660. The maximum atomic E-state index is 5.22. The maximum Gasteiger partial charge on any atom is 0.263 e. The molecule has 4 heteroatoms. The van der Waals surface area contributed by atoms with Crippen LogP contribution >= 0.6 is 0 Å². The summed E-state index contributed by atoms with van der Waals surface area (Å²) in [4.78, 5) is 0. The molecule has 7 heavy (non-hydrogen) atoms.